The lowest BCUT2D eigenvalue weighted by atomic mass is 9.90. The molecule has 1 aliphatic heterocycles. The van der Waals surface area contributed by atoms with E-state index in [0.29, 0.717) is 32.3 Å². The molecule has 2 fully saturated rings. The Balaban J connectivity index is 1.63. The van der Waals surface area contributed by atoms with Crippen LogP contribution in [-0.4, -0.2) is 62.2 Å². The van der Waals surface area contributed by atoms with E-state index in [2.05, 4.69) is 13.8 Å². The van der Waals surface area contributed by atoms with Gasteiger partial charge in [-0.25, -0.2) is 0 Å². The highest BCUT2D eigenvalue weighted by atomic mass is 16.7. The van der Waals surface area contributed by atoms with Crippen LogP contribution in [0, 0.1) is 5.92 Å². The van der Waals surface area contributed by atoms with Gasteiger partial charge in [0, 0.05) is 19.8 Å². The summed E-state index contributed by atoms with van der Waals surface area (Å²) in [5.74, 6) is 0.612. The van der Waals surface area contributed by atoms with E-state index in [0.717, 1.165) is 31.4 Å². The van der Waals surface area contributed by atoms with Gasteiger partial charge >= 0.3 is 0 Å². The van der Waals surface area contributed by atoms with Gasteiger partial charge in [-0.15, -0.1) is 0 Å². The van der Waals surface area contributed by atoms with E-state index in [9.17, 15) is 5.11 Å². The lowest BCUT2D eigenvalue weighted by Crippen LogP contribution is -2.61. The third-order valence-electron chi connectivity index (χ3n) is 7.31. The highest BCUT2D eigenvalue weighted by Gasteiger charge is 2.47. The molecule has 1 unspecified atom stereocenters. The van der Waals surface area contributed by atoms with Crippen molar-refractivity contribution in [2.24, 2.45) is 5.92 Å². The first-order valence-electron chi connectivity index (χ1n) is 14.5. The topological polar surface area (TPSA) is 66.4 Å². The van der Waals surface area contributed by atoms with Crippen LogP contribution in [0.15, 0.2) is 30.3 Å². The van der Waals surface area contributed by atoms with E-state index in [4.69, 9.17) is 23.7 Å². The van der Waals surface area contributed by atoms with Crippen LogP contribution in [0.25, 0.3) is 0 Å². The molecule has 1 aromatic carbocycles. The molecule has 0 aromatic heterocycles. The van der Waals surface area contributed by atoms with Crippen molar-refractivity contribution in [1.29, 1.82) is 0 Å². The third kappa shape index (κ3) is 10.0. The highest BCUT2D eigenvalue weighted by molar-refractivity contribution is 5.13. The molecule has 1 heterocycles. The average molecular weight is 507 g/mol. The van der Waals surface area contributed by atoms with Crippen molar-refractivity contribution in [2.45, 2.75) is 122 Å². The van der Waals surface area contributed by atoms with Crippen LogP contribution in [0.2, 0.25) is 0 Å². The number of rotatable bonds is 17. The number of aliphatic hydroxyl groups is 1. The summed E-state index contributed by atoms with van der Waals surface area (Å²) in [5.41, 5.74) is 1.07. The molecule has 3 rings (SSSR count). The van der Waals surface area contributed by atoms with Crippen LogP contribution in [0.1, 0.15) is 90.0 Å². The predicted molar refractivity (Wildman–Crippen MR) is 142 cm³/mol. The van der Waals surface area contributed by atoms with Crippen molar-refractivity contribution in [2.75, 3.05) is 26.4 Å². The standard InChI is InChI=1S/C30H50O6/c1-3-5-6-7-14-20-34-29-28(33-19-4-2)27(31)26(23-32-21-24-15-10-8-11-16-24)36-30(29)35-22-25-17-12-9-13-18-25/h9,12-13,17-18,24,26-31H,3-8,10-11,14-16,19-23H2,1-2H3/t26-,27-,28+,29-,30?/m1/s1. The summed E-state index contributed by atoms with van der Waals surface area (Å²) in [5, 5.41) is 11.3. The Labute approximate surface area is 219 Å². The Morgan fingerprint density at radius 1 is 0.806 bits per heavy atom. The number of hydrogen-bond donors (Lipinski definition) is 1. The SMILES string of the molecule is CCCCCCCO[C@H]1C(OCc2ccccc2)O[C@H](COCC2CCCCC2)[C@@H](O)[C@@H]1OCCC. The molecule has 36 heavy (non-hydrogen) atoms. The van der Waals surface area contributed by atoms with Gasteiger partial charge in [-0.2, -0.15) is 0 Å². The first-order valence-corrected chi connectivity index (χ1v) is 14.5. The molecule has 2 aliphatic rings. The first kappa shape index (κ1) is 29.5. The van der Waals surface area contributed by atoms with Crippen LogP contribution < -0.4 is 0 Å². The number of hydrogen-bond acceptors (Lipinski definition) is 6. The Hall–Kier alpha value is -1.02. The number of ether oxygens (including phenoxy) is 5. The minimum atomic E-state index is -0.829. The first-order chi connectivity index (χ1) is 17.7. The second-order valence-corrected chi connectivity index (χ2v) is 10.5. The molecule has 0 bridgehead atoms. The lowest BCUT2D eigenvalue weighted by Gasteiger charge is -2.44. The summed E-state index contributed by atoms with van der Waals surface area (Å²) >= 11 is 0. The molecule has 6 nitrogen and oxygen atoms in total. The quantitative estimate of drug-likeness (QED) is 0.260. The van der Waals surface area contributed by atoms with Crippen LogP contribution in [0.4, 0.5) is 0 Å². The maximum absolute atomic E-state index is 11.3. The van der Waals surface area contributed by atoms with E-state index >= 15 is 0 Å². The van der Waals surface area contributed by atoms with Gasteiger partial charge in [0.25, 0.3) is 0 Å². The van der Waals surface area contributed by atoms with E-state index in [1.165, 1.54) is 51.4 Å². The average Bonchev–Trinajstić information content (AvgIpc) is 2.91. The molecule has 6 heteroatoms. The Kier molecular flexibility index (Phi) is 14.3. The Bertz CT molecular complexity index is 665. The molecule has 1 saturated heterocycles. The summed E-state index contributed by atoms with van der Waals surface area (Å²) in [6, 6.07) is 10.1. The van der Waals surface area contributed by atoms with Gasteiger partial charge in [-0.05, 0) is 37.2 Å². The summed E-state index contributed by atoms with van der Waals surface area (Å²) < 4.78 is 31.2. The van der Waals surface area contributed by atoms with Crippen molar-refractivity contribution in [3.63, 3.8) is 0 Å². The van der Waals surface area contributed by atoms with Gasteiger partial charge < -0.3 is 28.8 Å². The predicted octanol–water partition coefficient (Wildman–Crippen LogP) is 6.04. The maximum atomic E-state index is 11.3. The Morgan fingerprint density at radius 2 is 1.56 bits per heavy atom. The molecule has 5 atom stereocenters. The summed E-state index contributed by atoms with van der Waals surface area (Å²) in [4.78, 5) is 0. The lowest BCUT2D eigenvalue weighted by molar-refractivity contribution is -0.320. The number of aliphatic hydroxyl groups excluding tert-OH is 1. The fourth-order valence-corrected chi connectivity index (χ4v) is 5.17. The van der Waals surface area contributed by atoms with Gasteiger partial charge in [-0.1, -0.05) is 89.1 Å². The van der Waals surface area contributed by atoms with Crippen LogP contribution in [-0.2, 0) is 30.3 Å². The van der Waals surface area contributed by atoms with Crippen LogP contribution in [0.3, 0.4) is 0 Å². The molecule has 0 spiro atoms. The van der Waals surface area contributed by atoms with Gasteiger partial charge in [0.2, 0.25) is 0 Å². The fourth-order valence-electron chi connectivity index (χ4n) is 5.17. The van der Waals surface area contributed by atoms with Crippen LogP contribution in [0.5, 0.6) is 0 Å². The molecule has 1 saturated carbocycles. The van der Waals surface area contributed by atoms with Gasteiger partial charge in [0.1, 0.15) is 24.4 Å². The van der Waals surface area contributed by atoms with E-state index in [1.54, 1.807) is 0 Å². The maximum Gasteiger partial charge on any atom is 0.187 e. The molecule has 1 aromatic rings. The smallest absolute Gasteiger partial charge is 0.187 e. The number of unbranched alkanes of at least 4 members (excludes halogenated alkanes) is 4. The number of benzene rings is 1. The Morgan fingerprint density at radius 3 is 2.31 bits per heavy atom. The molecular weight excluding hydrogens is 456 g/mol. The van der Waals surface area contributed by atoms with Crippen molar-refractivity contribution < 1.29 is 28.8 Å². The monoisotopic (exact) mass is 506 g/mol. The molecule has 206 valence electrons. The minimum Gasteiger partial charge on any atom is -0.387 e. The zero-order valence-corrected chi connectivity index (χ0v) is 22.7. The van der Waals surface area contributed by atoms with Crippen molar-refractivity contribution in [1.82, 2.24) is 0 Å². The molecular formula is C30H50O6. The van der Waals surface area contributed by atoms with Crippen molar-refractivity contribution in [3.8, 4) is 0 Å². The molecule has 0 amide bonds. The van der Waals surface area contributed by atoms with E-state index < -0.39 is 30.7 Å². The highest BCUT2D eigenvalue weighted by Crippen LogP contribution is 2.29. The zero-order chi connectivity index (χ0) is 25.4. The van der Waals surface area contributed by atoms with Gasteiger partial charge in [-0.3, -0.25) is 0 Å². The second-order valence-electron chi connectivity index (χ2n) is 10.5. The summed E-state index contributed by atoms with van der Waals surface area (Å²) in [7, 11) is 0. The second kappa shape index (κ2) is 17.5. The van der Waals surface area contributed by atoms with Crippen molar-refractivity contribution in [3.05, 3.63) is 35.9 Å². The summed E-state index contributed by atoms with van der Waals surface area (Å²) in [6.45, 7) is 6.91. The molecule has 1 N–H and O–H groups in total. The zero-order valence-electron chi connectivity index (χ0n) is 22.7. The largest absolute Gasteiger partial charge is 0.387 e. The normalized spacial score (nSPS) is 27.4. The fraction of sp³-hybridized carbons (Fsp3) is 0.800. The van der Waals surface area contributed by atoms with Gasteiger partial charge in [0.05, 0.1) is 13.2 Å². The molecule has 1 aliphatic carbocycles. The third-order valence-corrected chi connectivity index (χ3v) is 7.31. The van der Waals surface area contributed by atoms with Crippen molar-refractivity contribution >= 4 is 0 Å². The van der Waals surface area contributed by atoms with Crippen LogP contribution >= 0.6 is 0 Å². The minimum absolute atomic E-state index is 0.332. The van der Waals surface area contributed by atoms with E-state index in [-0.39, 0.29) is 0 Å². The molecule has 0 radical (unpaired) electrons. The van der Waals surface area contributed by atoms with Gasteiger partial charge in [0.15, 0.2) is 6.29 Å². The summed E-state index contributed by atoms with van der Waals surface area (Å²) in [6.07, 6.45) is 10.1. The van der Waals surface area contributed by atoms with E-state index in [1.807, 2.05) is 30.3 Å².